The van der Waals surface area contributed by atoms with Gasteiger partial charge in [0.05, 0.1) is 0 Å². The number of hydrogen-bond acceptors (Lipinski definition) is 2. The van der Waals surface area contributed by atoms with Crippen LogP contribution in [0.25, 0.3) is 0 Å². The molecule has 0 spiro atoms. The molecule has 1 atom stereocenters. The molecule has 0 aliphatic heterocycles. The zero-order valence-corrected chi connectivity index (χ0v) is 9.37. The molecule has 0 saturated heterocycles. The van der Waals surface area contributed by atoms with Crippen molar-refractivity contribution in [1.82, 2.24) is 5.32 Å². The van der Waals surface area contributed by atoms with Crippen LogP contribution in [0.5, 0.6) is 0 Å². The summed E-state index contributed by atoms with van der Waals surface area (Å²) < 4.78 is 12.7. The molecule has 0 radical (unpaired) electrons. The number of amides is 1. The number of nitrogens with one attached hydrogen (secondary N) is 1. The first kappa shape index (κ1) is 12.6. The van der Waals surface area contributed by atoms with E-state index in [-0.39, 0.29) is 17.8 Å². The van der Waals surface area contributed by atoms with Gasteiger partial charge in [0.1, 0.15) is 5.82 Å². The molecular formula is C12H17FN2O. The smallest absolute Gasteiger partial charge is 0.221 e. The van der Waals surface area contributed by atoms with E-state index in [1.807, 2.05) is 6.92 Å². The van der Waals surface area contributed by atoms with Gasteiger partial charge in [-0.05, 0) is 31.0 Å². The second-order valence-electron chi connectivity index (χ2n) is 3.84. The van der Waals surface area contributed by atoms with E-state index in [1.165, 1.54) is 12.1 Å². The van der Waals surface area contributed by atoms with Gasteiger partial charge in [-0.1, -0.05) is 12.1 Å². The second kappa shape index (κ2) is 6.23. The second-order valence-corrected chi connectivity index (χ2v) is 3.84. The quantitative estimate of drug-likeness (QED) is 0.790. The molecule has 3 nitrogen and oxygen atoms in total. The number of halogens is 1. The van der Waals surface area contributed by atoms with Crippen LogP contribution < -0.4 is 11.1 Å². The Morgan fingerprint density at radius 3 is 2.62 bits per heavy atom. The van der Waals surface area contributed by atoms with Crippen molar-refractivity contribution in [3.8, 4) is 0 Å². The van der Waals surface area contributed by atoms with E-state index in [2.05, 4.69) is 5.32 Å². The molecule has 0 saturated carbocycles. The van der Waals surface area contributed by atoms with Crippen LogP contribution in [0, 0.1) is 5.82 Å². The average molecular weight is 224 g/mol. The third kappa shape index (κ3) is 4.40. The summed E-state index contributed by atoms with van der Waals surface area (Å²) in [6.45, 7) is 2.27. The normalized spacial score (nSPS) is 12.2. The fraction of sp³-hybridized carbons (Fsp3) is 0.417. The molecule has 88 valence electrons. The zero-order chi connectivity index (χ0) is 12.0. The molecule has 0 aromatic heterocycles. The fourth-order valence-corrected chi connectivity index (χ4v) is 1.50. The summed E-state index contributed by atoms with van der Waals surface area (Å²) in [4.78, 5) is 11.2. The zero-order valence-electron chi connectivity index (χ0n) is 9.37. The Morgan fingerprint density at radius 1 is 1.44 bits per heavy atom. The summed E-state index contributed by atoms with van der Waals surface area (Å²) in [6.07, 6.45) is 1.03. The van der Waals surface area contributed by atoms with Gasteiger partial charge in [-0.2, -0.15) is 0 Å². The highest BCUT2D eigenvalue weighted by Gasteiger charge is 2.07. The summed E-state index contributed by atoms with van der Waals surface area (Å²) in [6, 6.07) is 6.32. The number of hydrogen-bond donors (Lipinski definition) is 2. The topological polar surface area (TPSA) is 55.1 Å². The van der Waals surface area contributed by atoms with E-state index < -0.39 is 0 Å². The summed E-state index contributed by atoms with van der Waals surface area (Å²) in [5, 5.41) is 2.83. The minimum atomic E-state index is -0.247. The van der Waals surface area contributed by atoms with E-state index in [1.54, 1.807) is 12.1 Å². The van der Waals surface area contributed by atoms with Gasteiger partial charge in [0.25, 0.3) is 0 Å². The van der Waals surface area contributed by atoms with Gasteiger partial charge in [0, 0.05) is 19.0 Å². The lowest BCUT2D eigenvalue weighted by atomic mass is 10.1. The lowest BCUT2D eigenvalue weighted by Gasteiger charge is -2.13. The third-order valence-electron chi connectivity index (χ3n) is 2.23. The van der Waals surface area contributed by atoms with Crippen molar-refractivity contribution in [2.24, 2.45) is 5.73 Å². The number of carbonyl (C=O) groups is 1. The number of benzene rings is 1. The van der Waals surface area contributed by atoms with Crippen molar-refractivity contribution < 1.29 is 9.18 Å². The van der Waals surface area contributed by atoms with Crippen LogP contribution in [0.2, 0.25) is 0 Å². The van der Waals surface area contributed by atoms with Gasteiger partial charge in [-0.3, -0.25) is 4.79 Å². The Labute approximate surface area is 94.8 Å². The lowest BCUT2D eigenvalue weighted by Crippen LogP contribution is -2.35. The van der Waals surface area contributed by atoms with E-state index in [0.717, 1.165) is 5.56 Å². The van der Waals surface area contributed by atoms with Crippen molar-refractivity contribution in [3.05, 3.63) is 35.6 Å². The molecule has 0 bridgehead atoms. The largest absolute Gasteiger partial charge is 0.353 e. The molecule has 16 heavy (non-hydrogen) atoms. The molecule has 0 fully saturated rings. The molecule has 0 aliphatic carbocycles. The van der Waals surface area contributed by atoms with Crippen molar-refractivity contribution in [2.75, 3.05) is 6.54 Å². The van der Waals surface area contributed by atoms with Gasteiger partial charge in [0.2, 0.25) is 5.91 Å². The maximum Gasteiger partial charge on any atom is 0.221 e. The molecule has 1 unspecified atom stereocenters. The molecule has 1 amide bonds. The van der Waals surface area contributed by atoms with Gasteiger partial charge >= 0.3 is 0 Å². The molecule has 0 aliphatic rings. The molecule has 1 rings (SSSR count). The first-order chi connectivity index (χ1) is 7.61. The van der Waals surface area contributed by atoms with E-state index >= 15 is 0 Å². The van der Waals surface area contributed by atoms with Crippen molar-refractivity contribution in [3.63, 3.8) is 0 Å². The fourth-order valence-electron chi connectivity index (χ4n) is 1.50. The molecule has 4 heteroatoms. The van der Waals surface area contributed by atoms with E-state index in [9.17, 15) is 9.18 Å². The lowest BCUT2D eigenvalue weighted by molar-refractivity contribution is -0.121. The van der Waals surface area contributed by atoms with Crippen LogP contribution in [0.15, 0.2) is 24.3 Å². The summed E-state index contributed by atoms with van der Waals surface area (Å²) >= 11 is 0. The maximum absolute atomic E-state index is 12.7. The van der Waals surface area contributed by atoms with Crippen molar-refractivity contribution in [1.29, 1.82) is 0 Å². The molecule has 3 N–H and O–H groups in total. The van der Waals surface area contributed by atoms with Crippen LogP contribution in [0.1, 0.15) is 18.9 Å². The van der Waals surface area contributed by atoms with Crippen LogP contribution in [-0.4, -0.2) is 18.5 Å². The van der Waals surface area contributed by atoms with Crippen LogP contribution in [0.3, 0.4) is 0 Å². The first-order valence-electron chi connectivity index (χ1n) is 5.35. The van der Waals surface area contributed by atoms with E-state index in [4.69, 9.17) is 5.73 Å². The van der Waals surface area contributed by atoms with Gasteiger partial charge in [0.15, 0.2) is 0 Å². The minimum Gasteiger partial charge on any atom is -0.353 e. The Kier molecular flexibility index (Phi) is 4.92. The van der Waals surface area contributed by atoms with Crippen molar-refractivity contribution in [2.45, 2.75) is 25.8 Å². The Morgan fingerprint density at radius 2 is 2.06 bits per heavy atom. The number of nitrogens with two attached hydrogens (primary N) is 1. The first-order valence-corrected chi connectivity index (χ1v) is 5.35. The molecular weight excluding hydrogens is 207 g/mol. The third-order valence-corrected chi connectivity index (χ3v) is 2.23. The summed E-state index contributed by atoms with van der Waals surface area (Å²) in [5.74, 6) is -0.291. The SMILES string of the molecule is CC(Cc1ccc(F)cc1)NC(=O)CCN. The van der Waals surface area contributed by atoms with Gasteiger partial charge in [-0.25, -0.2) is 4.39 Å². The Hall–Kier alpha value is -1.42. The Bertz CT molecular complexity index is 337. The van der Waals surface area contributed by atoms with Gasteiger partial charge < -0.3 is 11.1 Å². The van der Waals surface area contributed by atoms with Gasteiger partial charge in [-0.15, -0.1) is 0 Å². The highest BCUT2D eigenvalue weighted by atomic mass is 19.1. The molecule has 1 aromatic carbocycles. The van der Waals surface area contributed by atoms with Crippen molar-refractivity contribution >= 4 is 5.91 Å². The highest BCUT2D eigenvalue weighted by Crippen LogP contribution is 2.05. The maximum atomic E-state index is 12.7. The standard InChI is InChI=1S/C12H17FN2O/c1-9(15-12(16)6-7-14)8-10-2-4-11(13)5-3-10/h2-5,9H,6-8,14H2,1H3,(H,15,16). The average Bonchev–Trinajstić information content (AvgIpc) is 2.21. The van der Waals surface area contributed by atoms with E-state index in [0.29, 0.717) is 19.4 Å². The predicted octanol–water partition coefficient (Wildman–Crippen LogP) is 1.22. The summed E-state index contributed by atoms with van der Waals surface area (Å²) in [7, 11) is 0. The van der Waals surface area contributed by atoms with Crippen LogP contribution in [0.4, 0.5) is 4.39 Å². The molecule has 1 aromatic rings. The minimum absolute atomic E-state index is 0.0320. The van der Waals surface area contributed by atoms with Crippen LogP contribution >= 0.6 is 0 Å². The van der Waals surface area contributed by atoms with Crippen LogP contribution in [-0.2, 0) is 11.2 Å². The monoisotopic (exact) mass is 224 g/mol. The predicted molar refractivity (Wildman–Crippen MR) is 61.4 cm³/mol. The highest BCUT2D eigenvalue weighted by molar-refractivity contribution is 5.76. The number of carbonyl (C=O) groups excluding carboxylic acids is 1. The number of rotatable bonds is 5. The summed E-state index contributed by atoms with van der Waals surface area (Å²) in [5.41, 5.74) is 6.27. The Balaban J connectivity index is 2.42. The molecule has 0 heterocycles.